The summed E-state index contributed by atoms with van der Waals surface area (Å²) in [5.41, 5.74) is 0.710. The van der Waals surface area contributed by atoms with Crippen molar-refractivity contribution in [1.29, 1.82) is 0 Å². The molecule has 0 radical (unpaired) electrons. The molecule has 1 unspecified atom stereocenters. The molecule has 0 saturated carbocycles. The molecule has 0 aliphatic heterocycles. The van der Waals surface area contributed by atoms with Crippen molar-refractivity contribution in [2.75, 3.05) is 13.2 Å². The zero-order valence-electron chi connectivity index (χ0n) is 12.0. The average molecular weight is 282 g/mol. The Morgan fingerprint density at radius 2 is 1.85 bits per heavy atom. The molecule has 5 nitrogen and oxygen atoms in total. The molecule has 0 heterocycles. The maximum absolute atomic E-state index is 10.5. The van der Waals surface area contributed by atoms with Gasteiger partial charge < -0.3 is 19.7 Å². The van der Waals surface area contributed by atoms with Crippen LogP contribution < -0.4 is 9.47 Å². The highest BCUT2D eigenvalue weighted by Crippen LogP contribution is 2.32. The first-order chi connectivity index (χ1) is 9.58. The number of aliphatic hydroxyl groups excluding tert-OH is 1. The lowest BCUT2D eigenvalue weighted by Gasteiger charge is -2.15. The van der Waals surface area contributed by atoms with Gasteiger partial charge in [0, 0.05) is 6.42 Å². The maximum atomic E-state index is 10.5. The molecular weight excluding hydrogens is 260 g/mol. The maximum Gasteiger partial charge on any atom is 0.303 e. The summed E-state index contributed by atoms with van der Waals surface area (Å²) in [7, 11) is 0. The van der Waals surface area contributed by atoms with Crippen LogP contribution in [0.5, 0.6) is 11.5 Å². The molecule has 0 amide bonds. The van der Waals surface area contributed by atoms with E-state index in [2.05, 4.69) is 0 Å². The quantitative estimate of drug-likeness (QED) is 0.728. The molecule has 1 aromatic carbocycles. The van der Waals surface area contributed by atoms with Gasteiger partial charge in [-0.05, 0) is 44.4 Å². The third kappa shape index (κ3) is 5.09. The minimum absolute atomic E-state index is 0.0619. The minimum atomic E-state index is -0.848. The smallest absolute Gasteiger partial charge is 0.303 e. The fourth-order valence-electron chi connectivity index (χ4n) is 1.89. The lowest BCUT2D eigenvalue weighted by Crippen LogP contribution is -2.03. The Hall–Kier alpha value is -1.75. The fraction of sp³-hybridized carbons (Fsp3) is 0.533. The van der Waals surface area contributed by atoms with E-state index < -0.39 is 12.1 Å². The topological polar surface area (TPSA) is 76.0 Å². The molecule has 1 atom stereocenters. The molecule has 0 aliphatic rings. The Labute approximate surface area is 119 Å². The van der Waals surface area contributed by atoms with Gasteiger partial charge in [0.1, 0.15) is 0 Å². The van der Waals surface area contributed by atoms with Gasteiger partial charge in [-0.15, -0.1) is 0 Å². The number of ether oxygens (including phenoxy) is 2. The van der Waals surface area contributed by atoms with E-state index in [0.717, 1.165) is 0 Å². The average Bonchev–Trinajstić information content (AvgIpc) is 2.40. The van der Waals surface area contributed by atoms with Gasteiger partial charge in [0.15, 0.2) is 11.5 Å². The van der Waals surface area contributed by atoms with Crippen molar-refractivity contribution in [2.24, 2.45) is 0 Å². The molecule has 1 rings (SSSR count). The summed E-state index contributed by atoms with van der Waals surface area (Å²) in [6, 6.07) is 5.29. The Morgan fingerprint density at radius 3 is 2.45 bits per heavy atom. The summed E-state index contributed by atoms with van der Waals surface area (Å²) in [5.74, 6) is 0.402. The van der Waals surface area contributed by atoms with E-state index in [0.29, 0.717) is 43.1 Å². The normalized spacial score (nSPS) is 11.9. The van der Waals surface area contributed by atoms with E-state index in [-0.39, 0.29) is 6.42 Å². The first kappa shape index (κ1) is 16.3. The minimum Gasteiger partial charge on any atom is -0.490 e. The number of carbonyl (C=O) groups is 1. The number of carboxylic acid groups (broad SMARTS) is 1. The highest BCUT2D eigenvalue weighted by atomic mass is 16.5. The lowest BCUT2D eigenvalue weighted by atomic mass is 10.0. The van der Waals surface area contributed by atoms with Crippen LogP contribution in [0.4, 0.5) is 0 Å². The molecule has 0 aromatic heterocycles. The van der Waals surface area contributed by atoms with E-state index in [1.54, 1.807) is 18.2 Å². The molecule has 112 valence electrons. The molecule has 20 heavy (non-hydrogen) atoms. The first-order valence-corrected chi connectivity index (χ1v) is 6.87. The number of aliphatic carboxylic acids is 1. The molecule has 0 aliphatic carbocycles. The van der Waals surface area contributed by atoms with Gasteiger partial charge >= 0.3 is 5.97 Å². The van der Waals surface area contributed by atoms with E-state index >= 15 is 0 Å². The van der Waals surface area contributed by atoms with Crippen LogP contribution in [0.1, 0.15) is 44.8 Å². The van der Waals surface area contributed by atoms with Gasteiger partial charge in [-0.25, -0.2) is 0 Å². The Morgan fingerprint density at radius 1 is 1.20 bits per heavy atom. The van der Waals surface area contributed by atoms with Crippen LogP contribution in [0.3, 0.4) is 0 Å². The summed E-state index contributed by atoms with van der Waals surface area (Å²) in [4.78, 5) is 10.5. The number of hydrogen-bond donors (Lipinski definition) is 2. The second kappa shape index (κ2) is 8.43. The highest BCUT2D eigenvalue weighted by molar-refractivity contribution is 5.66. The van der Waals surface area contributed by atoms with Gasteiger partial charge in [0.05, 0.1) is 19.3 Å². The van der Waals surface area contributed by atoms with E-state index in [9.17, 15) is 9.90 Å². The molecule has 0 saturated heterocycles. The van der Waals surface area contributed by atoms with Gasteiger partial charge in [0.25, 0.3) is 0 Å². The Balaban J connectivity index is 2.73. The van der Waals surface area contributed by atoms with E-state index in [4.69, 9.17) is 14.6 Å². The molecule has 0 spiro atoms. The van der Waals surface area contributed by atoms with Crippen LogP contribution in [0, 0.1) is 0 Å². The van der Waals surface area contributed by atoms with Gasteiger partial charge in [0.2, 0.25) is 0 Å². The molecular formula is C15H22O5. The van der Waals surface area contributed by atoms with Crippen LogP contribution in [0.25, 0.3) is 0 Å². The standard InChI is InChI=1S/C15H22O5/c1-3-19-13-9-8-11(10-14(13)20-4-2)12(16)6-5-7-15(17)18/h8-10,12,16H,3-7H2,1-2H3,(H,17,18). The van der Waals surface area contributed by atoms with Crippen molar-refractivity contribution in [3.8, 4) is 11.5 Å². The highest BCUT2D eigenvalue weighted by Gasteiger charge is 2.12. The largest absolute Gasteiger partial charge is 0.490 e. The fourth-order valence-corrected chi connectivity index (χ4v) is 1.89. The number of carboxylic acids is 1. The summed E-state index contributed by atoms with van der Waals surface area (Å²) < 4.78 is 10.9. The predicted octanol–water partition coefficient (Wildman–Crippen LogP) is 2.77. The zero-order chi connectivity index (χ0) is 15.0. The van der Waals surface area contributed by atoms with E-state index in [1.165, 1.54) is 0 Å². The van der Waals surface area contributed by atoms with Crippen LogP contribution >= 0.6 is 0 Å². The van der Waals surface area contributed by atoms with Gasteiger partial charge in [-0.1, -0.05) is 6.07 Å². The first-order valence-electron chi connectivity index (χ1n) is 6.87. The molecule has 5 heteroatoms. The van der Waals surface area contributed by atoms with Gasteiger partial charge in [-0.3, -0.25) is 4.79 Å². The third-order valence-electron chi connectivity index (χ3n) is 2.82. The lowest BCUT2D eigenvalue weighted by molar-refractivity contribution is -0.137. The van der Waals surface area contributed by atoms with Crippen molar-refractivity contribution in [3.05, 3.63) is 23.8 Å². The van der Waals surface area contributed by atoms with Crippen LogP contribution in [-0.2, 0) is 4.79 Å². The van der Waals surface area contributed by atoms with Crippen molar-refractivity contribution >= 4 is 5.97 Å². The van der Waals surface area contributed by atoms with Crippen LogP contribution in [0.15, 0.2) is 18.2 Å². The monoisotopic (exact) mass is 282 g/mol. The Bertz CT molecular complexity index is 430. The van der Waals surface area contributed by atoms with E-state index in [1.807, 2.05) is 13.8 Å². The third-order valence-corrected chi connectivity index (χ3v) is 2.82. The molecule has 0 fully saturated rings. The number of rotatable bonds is 9. The second-order valence-electron chi connectivity index (χ2n) is 4.37. The predicted molar refractivity (Wildman–Crippen MR) is 75.2 cm³/mol. The second-order valence-corrected chi connectivity index (χ2v) is 4.37. The summed E-state index contributed by atoms with van der Waals surface area (Å²) in [6.45, 7) is 4.83. The number of hydrogen-bond acceptors (Lipinski definition) is 4. The summed E-state index contributed by atoms with van der Waals surface area (Å²) >= 11 is 0. The SMILES string of the molecule is CCOc1ccc(C(O)CCCC(=O)O)cc1OCC. The molecule has 0 bridgehead atoms. The van der Waals surface area contributed by atoms with Crippen molar-refractivity contribution < 1.29 is 24.5 Å². The number of benzene rings is 1. The molecule has 2 N–H and O–H groups in total. The van der Waals surface area contributed by atoms with Crippen molar-refractivity contribution in [2.45, 2.75) is 39.2 Å². The van der Waals surface area contributed by atoms with Crippen LogP contribution in [-0.4, -0.2) is 29.4 Å². The van der Waals surface area contributed by atoms with Gasteiger partial charge in [-0.2, -0.15) is 0 Å². The molecule has 1 aromatic rings. The van der Waals surface area contributed by atoms with Crippen molar-refractivity contribution in [3.63, 3.8) is 0 Å². The summed E-state index contributed by atoms with van der Waals surface area (Å²) in [6.07, 6.45) is 0.218. The number of aliphatic hydroxyl groups is 1. The van der Waals surface area contributed by atoms with Crippen molar-refractivity contribution in [1.82, 2.24) is 0 Å². The van der Waals surface area contributed by atoms with Crippen LogP contribution in [0.2, 0.25) is 0 Å². The summed E-state index contributed by atoms with van der Waals surface area (Å²) in [5, 5.41) is 18.6. The zero-order valence-corrected chi connectivity index (χ0v) is 12.0. The Kier molecular flexibility index (Phi) is 6.87.